The number of aliphatic hydroxyl groups is 1. The predicted molar refractivity (Wildman–Crippen MR) is 97.0 cm³/mol. The van der Waals surface area contributed by atoms with Gasteiger partial charge in [-0.3, -0.25) is 4.90 Å². The zero-order valence-corrected chi connectivity index (χ0v) is 14.2. The lowest BCUT2D eigenvalue weighted by Gasteiger charge is -2.43. The average Bonchev–Trinajstić information content (AvgIpc) is 2.68. The second-order valence-corrected chi connectivity index (χ2v) is 7.18. The number of hydrogen-bond acceptors (Lipinski definition) is 3. The van der Waals surface area contributed by atoms with Crippen molar-refractivity contribution in [1.82, 2.24) is 4.90 Å². The Kier molecular flexibility index (Phi) is 4.83. The molecule has 1 heterocycles. The molecule has 2 aromatic carbocycles. The first-order chi connectivity index (χ1) is 11.8. The van der Waals surface area contributed by atoms with Crippen LogP contribution in [0.5, 0.6) is 0 Å². The van der Waals surface area contributed by atoms with Gasteiger partial charge in [0.25, 0.3) is 0 Å². The largest absolute Gasteiger partial charge is 0.388 e. The first kappa shape index (κ1) is 16.1. The van der Waals surface area contributed by atoms with Gasteiger partial charge < -0.3 is 9.84 Å². The first-order valence-corrected chi connectivity index (χ1v) is 9.32. The second-order valence-electron chi connectivity index (χ2n) is 7.18. The van der Waals surface area contributed by atoms with Crippen LogP contribution >= 0.6 is 0 Å². The van der Waals surface area contributed by atoms with E-state index < -0.39 is 0 Å². The molecule has 0 bridgehead atoms. The second kappa shape index (κ2) is 7.22. The van der Waals surface area contributed by atoms with Crippen LogP contribution in [-0.2, 0) is 4.74 Å². The van der Waals surface area contributed by atoms with Gasteiger partial charge in [-0.15, -0.1) is 0 Å². The van der Waals surface area contributed by atoms with E-state index in [0.717, 1.165) is 38.3 Å². The summed E-state index contributed by atoms with van der Waals surface area (Å²) in [6.07, 6.45) is 4.44. The van der Waals surface area contributed by atoms with Gasteiger partial charge in [0.15, 0.2) is 0 Å². The molecule has 0 spiro atoms. The van der Waals surface area contributed by atoms with E-state index in [2.05, 4.69) is 47.4 Å². The highest BCUT2D eigenvalue weighted by atomic mass is 16.5. The van der Waals surface area contributed by atoms with E-state index in [-0.39, 0.29) is 6.10 Å². The molecule has 3 atom stereocenters. The summed E-state index contributed by atoms with van der Waals surface area (Å²) in [5, 5.41) is 13.7. The highest BCUT2D eigenvalue weighted by Gasteiger charge is 2.36. The van der Waals surface area contributed by atoms with Gasteiger partial charge in [0.1, 0.15) is 0 Å². The zero-order valence-electron chi connectivity index (χ0n) is 14.2. The third-order valence-corrected chi connectivity index (χ3v) is 5.84. The summed E-state index contributed by atoms with van der Waals surface area (Å²) >= 11 is 0. The predicted octanol–water partition coefficient (Wildman–Crippen LogP) is 3.76. The number of benzene rings is 2. The van der Waals surface area contributed by atoms with Crippen LogP contribution in [0.1, 0.15) is 37.4 Å². The van der Waals surface area contributed by atoms with Crippen molar-refractivity contribution in [3.63, 3.8) is 0 Å². The third kappa shape index (κ3) is 3.08. The van der Waals surface area contributed by atoms with Crippen LogP contribution in [0.25, 0.3) is 10.8 Å². The van der Waals surface area contributed by atoms with Gasteiger partial charge in [0.05, 0.1) is 19.3 Å². The number of morpholine rings is 1. The van der Waals surface area contributed by atoms with Gasteiger partial charge >= 0.3 is 0 Å². The van der Waals surface area contributed by atoms with E-state index in [1.54, 1.807) is 0 Å². The van der Waals surface area contributed by atoms with Crippen LogP contribution in [0.15, 0.2) is 42.5 Å². The molecule has 0 aromatic heterocycles. The zero-order chi connectivity index (χ0) is 16.4. The van der Waals surface area contributed by atoms with Crippen molar-refractivity contribution >= 4 is 10.8 Å². The fourth-order valence-electron chi connectivity index (χ4n) is 4.61. The molecule has 1 aliphatic carbocycles. The summed E-state index contributed by atoms with van der Waals surface area (Å²) in [7, 11) is 0. The normalized spacial score (nSPS) is 27.2. The van der Waals surface area contributed by atoms with Crippen LogP contribution in [0, 0.1) is 5.92 Å². The molecule has 1 saturated carbocycles. The summed E-state index contributed by atoms with van der Waals surface area (Å²) in [5.74, 6) is 0.322. The number of aliphatic hydroxyl groups excluding tert-OH is 1. The molecular formula is C21H27NO2. The lowest BCUT2D eigenvalue weighted by Crippen LogP contribution is -2.49. The number of fused-ring (bicyclic) bond motifs is 1. The van der Waals surface area contributed by atoms with Crippen molar-refractivity contribution in [3.05, 3.63) is 48.0 Å². The summed E-state index contributed by atoms with van der Waals surface area (Å²) < 4.78 is 5.52. The van der Waals surface area contributed by atoms with Crippen molar-refractivity contribution in [3.8, 4) is 0 Å². The standard InChI is InChI=1S/C21H27NO2/c23-21(18-10-5-7-16-6-1-2-8-17(16)18)19-9-3-4-11-20(19)22-12-14-24-15-13-22/h1-2,5-8,10,19-21,23H,3-4,9,11-15H2. The van der Waals surface area contributed by atoms with Crippen molar-refractivity contribution < 1.29 is 9.84 Å². The highest BCUT2D eigenvalue weighted by Crippen LogP contribution is 2.39. The molecule has 0 radical (unpaired) electrons. The van der Waals surface area contributed by atoms with Crippen molar-refractivity contribution in [2.24, 2.45) is 5.92 Å². The molecule has 3 heteroatoms. The summed E-state index contributed by atoms with van der Waals surface area (Å²) in [6, 6.07) is 15.2. The minimum Gasteiger partial charge on any atom is -0.388 e. The molecule has 2 aliphatic rings. The monoisotopic (exact) mass is 325 g/mol. The molecule has 2 fully saturated rings. The Morgan fingerprint density at radius 2 is 1.71 bits per heavy atom. The van der Waals surface area contributed by atoms with Crippen molar-refractivity contribution in [1.29, 1.82) is 0 Å². The van der Waals surface area contributed by atoms with Crippen LogP contribution in [0.3, 0.4) is 0 Å². The topological polar surface area (TPSA) is 32.7 Å². The van der Waals surface area contributed by atoms with E-state index in [1.807, 2.05) is 0 Å². The van der Waals surface area contributed by atoms with E-state index in [4.69, 9.17) is 4.74 Å². The Hall–Kier alpha value is -1.42. The molecule has 1 N–H and O–H groups in total. The minimum absolute atomic E-state index is 0.322. The maximum atomic E-state index is 11.3. The van der Waals surface area contributed by atoms with E-state index in [9.17, 15) is 5.11 Å². The highest BCUT2D eigenvalue weighted by molar-refractivity contribution is 5.86. The number of nitrogens with zero attached hydrogens (tertiary/aromatic N) is 1. The Balaban J connectivity index is 1.64. The fourth-order valence-corrected chi connectivity index (χ4v) is 4.61. The van der Waals surface area contributed by atoms with Gasteiger partial charge in [-0.25, -0.2) is 0 Å². The Morgan fingerprint density at radius 3 is 2.58 bits per heavy atom. The average molecular weight is 325 g/mol. The molecule has 24 heavy (non-hydrogen) atoms. The first-order valence-electron chi connectivity index (χ1n) is 9.32. The third-order valence-electron chi connectivity index (χ3n) is 5.84. The molecule has 0 amide bonds. The number of ether oxygens (including phenoxy) is 1. The smallest absolute Gasteiger partial charge is 0.0839 e. The maximum Gasteiger partial charge on any atom is 0.0839 e. The van der Waals surface area contributed by atoms with Gasteiger partial charge in [0.2, 0.25) is 0 Å². The van der Waals surface area contributed by atoms with Gasteiger partial charge in [-0.1, -0.05) is 55.3 Å². The summed E-state index contributed by atoms with van der Waals surface area (Å²) in [6.45, 7) is 3.66. The minimum atomic E-state index is -0.385. The number of rotatable bonds is 3. The van der Waals surface area contributed by atoms with Gasteiger partial charge in [0, 0.05) is 25.0 Å². The molecule has 3 unspecified atom stereocenters. The molecule has 1 saturated heterocycles. The number of hydrogen-bond donors (Lipinski definition) is 1. The van der Waals surface area contributed by atoms with Crippen LogP contribution in [0.2, 0.25) is 0 Å². The van der Waals surface area contributed by atoms with E-state index in [1.165, 1.54) is 30.0 Å². The SMILES string of the molecule is OC(c1cccc2ccccc12)C1CCCCC1N1CCOCC1. The molecule has 4 rings (SSSR count). The van der Waals surface area contributed by atoms with Crippen molar-refractivity contribution in [2.75, 3.05) is 26.3 Å². The van der Waals surface area contributed by atoms with Crippen LogP contribution in [0.4, 0.5) is 0 Å². The quantitative estimate of drug-likeness (QED) is 0.932. The fraction of sp³-hybridized carbons (Fsp3) is 0.524. The van der Waals surface area contributed by atoms with Gasteiger partial charge in [-0.05, 0) is 29.2 Å². The van der Waals surface area contributed by atoms with Crippen LogP contribution in [-0.4, -0.2) is 42.4 Å². The molecule has 128 valence electrons. The molecular weight excluding hydrogens is 298 g/mol. The maximum absolute atomic E-state index is 11.3. The Bertz CT molecular complexity index is 675. The van der Waals surface area contributed by atoms with Crippen LogP contribution < -0.4 is 0 Å². The molecule has 3 nitrogen and oxygen atoms in total. The molecule has 2 aromatic rings. The van der Waals surface area contributed by atoms with Gasteiger partial charge in [-0.2, -0.15) is 0 Å². The Morgan fingerprint density at radius 1 is 0.958 bits per heavy atom. The lowest BCUT2D eigenvalue weighted by molar-refractivity contribution is -0.0369. The summed E-state index contributed by atoms with van der Waals surface area (Å²) in [5.41, 5.74) is 1.10. The lowest BCUT2D eigenvalue weighted by atomic mass is 9.77. The van der Waals surface area contributed by atoms with E-state index >= 15 is 0 Å². The Labute approximate surface area is 144 Å². The van der Waals surface area contributed by atoms with Crippen molar-refractivity contribution in [2.45, 2.75) is 37.8 Å². The van der Waals surface area contributed by atoms with E-state index in [0.29, 0.717) is 12.0 Å². The summed E-state index contributed by atoms with van der Waals surface area (Å²) in [4.78, 5) is 2.56. The molecule has 1 aliphatic heterocycles.